The molecule has 0 spiro atoms. The van der Waals surface area contributed by atoms with E-state index in [0.717, 1.165) is 5.56 Å². The molecule has 130 valence electrons. The van der Waals surface area contributed by atoms with Crippen LogP contribution in [0.2, 0.25) is 0 Å². The van der Waals surface area contributed by atoms with Crippen molar-refractivity contribution in [3.63, 3.8) is 0 Å². The fourth-order valence-electron chi connectivity index (χ4n) is 3.08. The van der Waals surface area contributed by atoms with Crippen LogP contribution in [0.3, 0.4) is 0 Å². The van der Waals surface area contributed by atoms with Gasteiger partial charge in [0.2, 0.25) is 5.89 Å². The van der Waals surface area contributed by atoms with Crippen LogP contribution >= 0.6 is 12.2 Å². The molecule has 0 saturated carbocycles. The molecule has 1 N–H and O–H groups in total. The van der Waals surface area contributed by atoms with E-state index in [-0.39, 0.29) is 16.9 Å². The molecule has 2 heterocycles. The van der Waals surface area contributed by atoms with Crippen LogP contribution in [-0.2, 0) is 9.53 Å². The number of fused-ring (bicyclic) bond motifs is 1. The van der Waals surface area contributed by atoms with Crippen molar-refractivity contribution >= 4 is 40.1 Å². The van der Waals surface area contributed by atoms with Gasteiger partial charge in [-0.1, -0.05) is 42.5 Å². The van der Waals surface area contributed by atoms with Crippen molar-refractivity contribution in [3.05, 3.63) is 66.1 Å². The predicted octanol–water partition coefficient (Wildman–Crippen LogP) is 3.15. The van der Waals surface area contributed by atoms with Gasteiger partial charge in [0.25, 0.3) is 0 Å². The Labute approximate surface area is 154 Å². The minimum atomic E-state index is -0.566. The highest BCUT2D eigenvalue weighted by molar-refractivity contribution is 7.80. The number of hydrogen-bond donors (Lipinski definition) is 1. The average Bonchev–Trinajstić information content (AvgIpc) is 3.11. The Morgan fingerprint density at radius 2 is 1.88 bits per heavy atom. The average molecular weight is 365 g/mol. The summed E-state index contributed by atoms with van der Waals surface area (Å²) in [5, 5.41) is 3.40. The SMILES string of the molecule is COC(=O)C1=NC(=S)N[C@@H](c2ccccc2)[C@@H]1c1nc2ccccc2o1. The largest absolute Gasteiger partial charge is 0.465 e. The van der Waals surface area contributed by atoms with E-state index in [1.165, 1.54) is 7.11 Å². The van der Waals surface area contributed by atoms with E-state index >= 15 is 0 Å². The Morgan fingerprint density at radius 1 is 1.15 bits per heavy atom. The Hall–Kier alpha value is -3.06. The Morgan fingerprint density at radius 3 is 2.62 bits per heavy atom. The summed E-state index contributed by atoms with van der Waals surface area (Å²) in [7, 11) is 1.32. The monoisotopic (exact) mass is 365 g/mol. The first-order valence-electron chi connectivity index (χ1n) is 8.05. The molecule has 1 aromatic heterocycles. The van der Waals surface area contributed by atoms with Gasteiger partial charge >= 0.3 is 5.97 Å². The van der Waals surface area contributed by atoms with Gasteiger partial charge in [0.05, 0.1) is 13.2 Å². The number of ether oxygens (including phenoxy) is 1. The molecule has 4 rings (SSSR count). The molecule has 0 radical (unpaired) electrons. The van der Waals surface area contributed by atoms with E-state index in [1.807, 2.05) is 54.6 Å². The van der Waals surface area contributed by atoms with E-state index in [1.54, 1.807) is 0 Å². The molecule has 7 heteroatoms. The first-order chi connectivity index (χ1) is 12.7. The highest BCUT2D eigenvalue weighted by Crippen LogP contribution is 2.36. The summed E-state index contributed by atoms with van der Waals surface area (Å²) in [6.45, 7) is 0. The lowest BCUT2D eigenvalue weighted by atomic mass is 9.87. The molecule has 0 unspecified atom stereocenters. The van der Waals surface area contributed by atoms with Gasteiger partial charge in [0.1, 0.15) is 17.1 Å². The molecule has 3 aromatic rings. The summed E-state index contributed by atoms with van der Waals surface area (Å²) in [5.74, 6) is -0.731. The zero-order chi connectivity index (χ0) is 18.1. The first-order valence-corrected chi connectivity index (χ1v) is 8.46. The summed E-state index contributed by atoms with van der Waals surface area (Å²) in [5.41, 5.74) is 2.48. The second-order valence-electron chi connectivity index (χ2n) is 5.82. The number of hydrogen-bond acceptors (Lipinski definition) is 5. The molecule has 0 saturated heterocycles. The van der Waals surface area contributed by atoms with Gasteiger partial charge in [-0.2, -0.15) is 0 Å². The van der Waals surface area contributed by atoms with E-state index in [2.05, 4.69) is 15.3 Å². The number of methoxy groups -OCH3 is 1. The third-order valence-electron chi connectivity index (χ3n) is 4.26. The van der Waals surface area contributed by atoms with Crippen LogP contribution in [0.4, 0.5) is 0 Å². The van der Waals surface area contributed by atoms with Gasteiger partial charge in [0, 0.05) is 0 Å². The Bertz CT molecular complexity index is 980. The van der Waals surface area contributed by atoms with Gasteiger partial charge in [0.15, 0.2) is 10.7 Å². The van der Waals surface area contributed by atoms with Crippen molar-refractivity contribution in [3.8, 4) is 0 Å². The number of aromatic nitrogens is 1. The minimum Gasteiger partial charge on any atom is -0.465 e. The molecule has 1 aliphatic heterocycles. The van der Waals surface area contributed by atoms with Crippen LogP contribution in [0.15, 0.2) is 64.0 Å². The molecule has 0 bridgehead atoms. The molecular formula is C19H15N3O3S. The molecule has 2 atom stereocenters. The molecule has 0 fully saturated rings. The van der Waals surface area contributed by atoms with Crippen molar-refractivity contribution in [1.29, 1.82) is 0 Å². The Kier molecular flexibility index (Phi) is 4.22. The fourth-order valence-corrected chi connectivity index (χ4v) is 3.31. The zero-order valence-corrected chi connectivity index (χ0v) is 14.7. The number of aliphatic imine (C=N–C) groups is 1. The summed E-state index contributed by atoms with van der Waals surface area (Å²) >= 11 is 5.24. The maximum Gasteiger partial charge on any atom is 0.353 e. The quantitative estimate of drug-likeness (QED) is 0.568. The van der Waals surface area contributed by atoms with Crippen molar-refractivity contribution in [2.45, 2.75) is 12.0 Å². The highest BCUT2D eigenvalue weighted by atomic mass is 32.1. The number of carbonyl (C=O) groups excluding carboxylic acids is 1. The van der Waals surface area contributed by atoms with Crippen LogP contribution in [-0.4, -0.2) is 28.9 Å². The smallest absolute Gasteiger partial charge is 0.353 e. The van der Waals surface area contributed by atoms with Gasteiger partial charge in [-0.05, 0) is 29.9 Å². The van der Waals surface area contributed by atoms with Gasteiger partial charge in [-0.3, -0.25) is 0 Å². The Balaban J connectivity index is 1.89. The van der Waals surface area contributed by atoms with Crippen LogP contribution in [0.1, 0.15) is 23.4 Å². The van der Waals surface area contributed by atoms with E-state index in [9.17, 15) is 4.79 Å². The fraction of sp³-hybridized carbons (Fsp3) is 0.158. The number of benzene rings is 2. The van der Waals surface area contributed by atoms with Gasteiger partial charge in [-0.15, -0.1) is 0 Å². The topological polar surface area (TPSA) is 76.7 Å². The first kappa shape index (κ1) is 16.4. The minimum absolute atomic E-state index is 0.177. The lowest BCUT2D eigenvalue weighted by Gasteiger charge is -2.30. The predicted molar refractivity (Wildman–Crippen MR) is 101 cm³/mol. The van der Waals surface area contributed by atoms with Crippen molar-refractivity contribution in [2.75, 3.05) is 7.11 Å². The summed E-state index contributed by atoms with van der Waals surface area (Å²) < 4.78 is 10.9. The van der Waals surface area contributed by atoms with E-state index in [0.29, 0.717) is 17.0 Å². The summed E-state index contributed by atoms with van der Waals surface area (Å²) in [4.78, 5) is 21.2. The second kappa shape index (κ2) is 6.68. The van der Waals surface area contributed by atoms with Crippen molar-refractivity contribution < 1.29 is 13.9 Å². The normalized spacial score (nSPS) is 19.7. The van der Waals surface area contributed by atoms with Crippen LogP contribution in [0.25, 0.3) is 11.1 Å². The van der Waals surface area contributed by atoms with Crippen LogP contribution in [0.5, 0.6) is 0 Å². The molecule has 1 aliphatic rings. The lowest BCUT2D eigenvalue weighted by molar-refractivity contribution is -0.133. The number of thiocarbonyl (C=S) groups is 1. The number of para-hydroxylation sites is 2. The zero-order valence-electron chi connectivity index (χ0n) is 13.9. The standard InChI is InChI=1S/C19H15N3O3S/c1-24-18(23)16-14(17-20-12-9-5-6-10-13(12)25-17)15(21-19(26)22-16)11-7-3-2-4-8-11/h2-10,14-15H,1H3,(H,21,26)/t14-,15-/m0/s1. The number of nitrogens with one attached hydrogen (secondary N) is 1. The van der Waals surface area contributed by atoms with Crippen LogP contribution < -0.4 is 5.32 Å². The molecule has 2 aromatic carbocycles. The maximum atomic E-state index is 12.4. The second-order valence-corrected chi connectivity index (χ2v) is 6.21. The number of oxazole rings is 1. The van der Waals surface area contributed by atoms with Crippen molar-refractivity contribution in [1.82, 2.24) is 10.3 Å². The highest BCUT2D eigenvalue weighted by Gasteiger charge is 2.40. The van der Waals surface area contributed by atoms with Crippen LogP contribution in [0, 0.1) is 0 Å². The molecule has 26 heavy (non-hydrogen) atoms. The third kappa shape index (κ3) is 2.86. The molecule has 0 aliphatic carbocycles. The number of carbonyl (C=O) groups is 1. The number of esters is 1. The van der Waals surface area contributed by atoms with Gasteiger partial charge < -0.3 is 14.5 Å². The third-order valence-corrected chi connectivity index (χ3v) is 4.47. The van der Waals surface area contributed by atoms with E-state index < -0.39 is 11.9 Å². The number of nitrogens with zero attached hydrogens (tertiary/aromatic N) is 2. The molecule has 6 nitrogen and oxygen atoms in total. The van der Waals surface area contributed by atoms with Crippen molar-refractivity contribution in [2.24, 2.45) is 4.99 Å². The summed E-state index contributed by atoms with van der Waals surface area (Å²) in [6.07, 6.45) is 0. The molecular weight excluding hydrogens is 350 g/mol. The summed E-state index contributed by atoms with van der Waals surface area (Å²) in [6, 6.07) is 16.8. The number of rotatable bonds is 3. The molecule has 0 amide bonds. The maximum absolute atomic E-state index is 12.4. The lowest BCUT2D eigenvalue weighted by Crippen LogP contribution is -2.42. The van der Waals surface area contributed by atoms with Gasteiger partial charge in [-0.25, -0.2) is 14.8 Å². The van der Waals surface area contributed by atoms with E-state index in [4.69, 9.17) is 21.4 Å².